The van der Waals surface area contributed by atoms with Crippen molar-refractivity contribution in [1.82, 2.24) is 0 Å². The highest BCUT2D eigenvalue weighted by Crippen LogP contribution is 2.28. The second-order valence-electron chi connectivity index (χ2n) is 4.12. The lowest BCUT2D eigenvalue weighted by Gasteiger charge is -2.09. The van der Waals surface area contributed by atoms with Crippen molar-refractivity contribution in [3.05, 3.63) is 59.2 Å². The SMILES string of the molecule is Cc1ccc(CC#N)c(-c2ccc(F)cc2F)c1. The van der Waals surface area contributed by atoms with Crippen LogP contribution in [0.15, 0.2) is 36.4 Å². The first-order valence-electron chi connectivity index (χ1n) is 5.53. The lowest BCUT2D eigenvalue weighted by atomic mass is 9.95. The Balaban J connectivity index is 2.62. The number of nitriles is 1. The van der Waals surface area contributed by atoms with Gasteiger partial charge in [0.05, 0.1) is 12.5 Å². The van der Waals surface area contributed by atoms with Crippen molar-refractivity contribution in [2.24, 2.45) is 0 Å². The van der Waals surface area contributed by atoms with E-state index < -0.39 is 11.6 Å². The molecule has 0 amide bonds. The monoisotopic (exact) mass is 243 g/mol. The molecule has 3 heteroatoms. The summed E-state index contributed by atoms with van der Waals surface area (Å²) in [6.45, 7) is 1.89. The molecule has 2 rings (SSSR count). The number of benzene rings is 2. The summed E-state index contributed by atoms with van der Waals surface area (Å²) in [5.41, 5.74) is 2.68. The van der Waals surface area contributed by atoms with E-state index in [1.807, 2.05) is 25.1 Å². The topological polar surface area (TPSA) is 23.8 Å². The van der Waals surface area contributed by atoms with Gasteiger partial charge in [0.1, 0.15) is 11.6 Å². The maximum Gasteiger partial charge on any atom is 0.133 e. The summed E-state index contributed by atoms with van der Waals surface area (Å²) in [4.78, 5) is 0. The van der Waals surface area contributed by atoms with Gasteiger partial charge in [-0.2, -0.15) is 5.26 Å². The minimum Gasteiger partial charge on any atom is -0.207 e. The van der Waals surface area contributed by atoms with E-state index in [0.29, 0.717) is 11.1 Å². The van der Waals surface area contributed by atoms with Gasteiger partial charge in [-0.25, -0.2) is 8.78 Å². The zero-order chi connectivity index (χ0) is 13.1. The minimum atomic E-state index is -0.611. The quantitative estimate of drug-likeness (QED) is 0.781. The summed E-state index contributed by atoms with van der Waals surface area (Å²) in [6.07, 6.45) is 0.201. The van der Waals surface area contributed by atoms with Crippen LogP contribution in [0.3, 0.4) is 0 Å². The Morgan fingerprint density at radius 1 is 1.06 bits per heavy atom. The number of rotatable bonds is 2. The fourth-order valence-corrected chi connectivity index (χ4v) is 1.89. The number of halogens is 2. The zero-order valence-electron chi connectivity index (χ0n) is 9.87. The Morgan fingerprint density at radius 2 is 1.83 bits per heavy atom. The lowest BCUT2D eigenvalue weighted by molar-refractivity contribution is 0.585. The predicted octanol–water partition coefficient (Wildman–Crippen LogP) is 4.01. The smallest absolute Gasteiger partial charge is 0.133 e. The Labute approximate surface area is 104 Å². The van der Waals surface area contributed by atoms with Crippen LogP contribution in [0.2, 0.25) is 0 Å². The van der Waals surface area contributed by atoms with Crippen LogP contribution >= 0.6 is 0 Å². The second kappa shape index (κ2) is 4.97. The molecule has 0 heterocycles. The molecule has 0 unspecified atom stereocenters. The van der Waals surface area contributed by atoms with Gasteiger partial charge in [-0.3, -0.25) is 0 Å². The average Bonchev–Trinajstić information content (AvgIpc) is 2.32. The maximum atomic E-state index is 13.8. The number of hydrogen-bond donors (Lipinski definition) is 0. The van der Waals surface area contributed by atoms with Crippen LogP contribution in [-0.4, -0.2) is 0 Å². The first kappa shape index (κ1) is 12.3. The highest BCUT2D eigenvalue weighted by molar-refractivity contribution is 5.69. The molecule has 18 heavy (non-hydrogen) atoms. The fourth-order valence-electron chi connectivity index (χ4n) is 1.89. The summed E-state index contributed by atoms with van der Waals surface area (Å²) in [5.74, 6) is -1.22. The van der Waals surface area contributed by atoms with Crippen LogP contribution in [0.5, 0.6) is 0 Å². The average molecular weight is 243 g/mol. The minimum absolute atomic E-state index is 0.201. The molecule has 0 N–H and O–H groups in total. The molecule has 0 saturated heterocycles. The third kappa shape index (κ3) is 2.38. The van der Waals surface area contributed by atoms with Crippen molar-refractivity contribution in [2.45, 2.75) is 13.3 Å². The highest BCUT2D eigenvalue weighted by atomic mass is 19.1. The largest absolute Gasteiger partial charge is 0.207 e. The number of aryl methyl sites for hydroxylation is 1. The normalized spacial score (nSPS) is 10.1. The van der Waals surface area contributed by atoms with E-state index in [-0.39, 0.29) is 6.42 Å². The molecule has 0 aromatic heterocycles. The van der Waals surface area contributed by atoms with Gasteiger partial charge in [0, 0.05) is 11.6 Å². The molecule has 2 aromatic carbocycles. The number of nitrogens with zero attached hydrogens (tertiary/aromatic N) is 1. The Kier molecular flexibility index (Phi) is 3.38. The summed E-state index contributed by atoms with van der Waals surface area (Å²) in [6, 6.07) is 11.0. The van der Waals surface area contributed by atoms with Crippen molar-refractivity contribution in [2.75, 3.05) is 0 Å². The van der Waals surface area contributed by atoms with E-state index in [4.69, 9.17) is 5.26 Å². The molecular formula is C15H11F2N. The second-order valence-corrected chi connectivity index (χ2v) is 4.12. The maximum absolute atomic E-state index is 13.8. The molecule has 1 nitrogen and oxygen atoms in total. The van der Waals surface area contributed by atoms with E-state index in [1.54, 1.807) is 6.07 Å². The van der Waals surface area contributed by atoms with Gasteiger partial charge >= 0.3 is 0 Å². The van der Waals surface area contributed by atoms with Crippen molar-refractivity contribution < 1.29 is 8.78 Å². The molecule has 90 valence electrons. The molecule has 0 bridgehead atoms. The van der Waals surface area contributed by atoms with Crippen molar-refractivity contribution in [1.29, 1.82) is 5.26 Å². The van der Waals surface area contributed by atoms with Gasteiger partial charge in [0.15, 0.2) is 0 Å². The first-order valence-corrected chi connectivity index (χ1v) is 5.53. The van der Waals surface area contributed by atoms with E-state index in [2.05, 4.69) is 0 Å². The fraction of sp³-hybridized carbons (Fsp3) is 0.133. The summed E-state index contributed by atoms with van der Waals surface area (Å²) >= 11 is 0. The Bertz CT molecular complexity index is 627. The molecule has 2 aromatic rings. The third-order valence-corrected chi connectivity index (χ3v) is 2.76. The van der Waals surface area contributed by atoms with E-state index >= 15 is 0 Å². The lowest BCUT2D eigenvalue weighted by Crippen LogP contribution is -1.93. The van der Waals surface area contributed by atoms with E-state index in [1.165, 1.54) is 12.1 Å². The molecular weight excluding hydrogens is 232 g/mol. The van der Waals surface area contributed by atoms with Gasteiger partial charge in [-0.15, -0.1) is 0 Å². The standard InChI is InChI=1S/C15H11F2N/c1-10-2-3-11(6-7-18)14(8-10)13-5-4-12(16)9-15(13)17/h2-5,8-9H,6H2,1H3. The van der Waals surface area contributed by atoms with Crippen LogP contribution < -0.4 is 0 Å². The molecule has 0 spiro atoms. The molecule has 0 saturated carbocycles. The first-order chi connectivity index (χ1) is 8.61. The zero-order valence-corrected chi connectivity index (χ0v) is 9.87. The molecule has 0 radical (unpaired) electrons. The predicted molar refractivity (Wildman–Crippen MR) is 65.8 cm³/mol. The highest BCUT2D eigenvalue weighted by Gasteiger charge is 2.10. The molecule has 0 aliphatic carbocycles. The van der Waals surface area contributed by atoms with E-state index in [9.17, 15) is 8.78 Å². The third-order valence-electron chi connectivity index (χ3n) is 2.76. The summed E-state index contributed by atoms with van der Waals surface area (Å²) < 4.78 is 26.7. The van der Waals surface area contributed by atoms with E-state index in [0.717, 1.165) is 17.2 Å². The summed E-state index contributed by atoms with van der Waals surface area (Å²) in [5, 5.41) is 8.77. The van der Waals surface area contributed by atoms with Crippen LogP contribution in [0.25, 0.3) is 11.1 Å². The number of hydrogen-bond acceptors (Lipinski definition) is 1. The van der Waals surface area contributed by atoms with Gasteiger partial charge in [-0.05, 0) is 30.2 Å². The van der Waals surface area contributed by atoms with Crippen molar-refractivity contribution in [3.8, 4) is 17.2 Å². The Morgan fingerprint density at radius 3 is 2.50 bits per heavy atom. The van der Waals surface area contributed by atoms with Crippen LogP contribution in [0, 0.1) is 29.9 Å². The van der Waals surface area contributed by atoms with Gasteiger partial charge in [0.25, 0.3) is 0 Å². The van der Waals surface area contributed by atoms with Crippen molar-refractivity contribution >= 4 is 0 Å². The van der Waals surface area contributed by atoms with Gasteiger partial charge in [0.2, 0.25) is 0 Å². The van der Waals surface area contributed by atoms with Gasteiger partial charge < -0.3 is 0 Å². The van der Waals surface area contributed by atoms with Gasteiger partial charge in [-0.1, -0.05) is 23.8 Å². The Hall–Kier alpha value is -2.21. The molecule has 0 aliphatic heterocycles. The van der Waals surface area contributed by atoms with Crippen LogP contribution in [0.4, 0.5) is 8.78 Å². The van der Waals surface area contributed by atoms with Crippen LogP contribution in [0.1, 0.15) is 11.1 Å². The van der Waals surface area contributed by atoms with Crippen LogP contribution in [-0.2, 0) is 6.42 Å². The summed E-state index contributed by atoms with van der Waals surface area (Å²) in [7, 11) is 0. The molecule has 0 fully saturated rings. The van der Waals surface area contributed by atoms with Crippen molar-refractivity contribution in [3.63, 3.8) is 0 Å². The molecule has 0 atom stereocenters. The molecule has 0 aliphatic rings.